The van der Waals surface area contributed by atoms with Crippen molar-refractivity contribution in [3.05, 3.63) is 215 Å². The monoisotopic (exact) mass is 1350 g/mol. The Kier molecular flexibility index (Phi) is 20.2. The number of carbonyl (C=O) groups is 3. The number of carbonyl (C=O) groups excluding carboxylic acids is 3. The van der Waals surface area contributed by atoms with Crippen molar-refractivity contribution in [1.29, 1.82) is 0 Å². The molecule has 0 radical (unpaired) electrons. The van der Waals surface area contributed by atoms with E-state index >= 15 is 0 Å². The number of nitrogens with one attached hydrogen (secondary N) is 6. The third kappa shape index (κ3) is 16.8. The van der Waals surface area contributed by atoms with Crippen LogP contribution in [-0.4, -0.2) is 71.6 Å². The van der Waals surface area contributed by atoms with E-state index in [1.165, 1.54) is 89.0 Å². The molecule has 0 saturated carbocycles. The van der Waals surface area contributed by atoms with Gasteiger partial charge in [-0.25, -0.2) is 40.2 Å². The van der Waals surface area contributed by atoms with Gasteiger partial charge < -0.3 is 29.7 Å². The highest BCUT2D eigenvalue weighted by Crippen LogP contribution is 2.27. The van der Waals surface area contributed by atoms with Gasteiger partial charge in [-0.3, -0.25) is 28.5 Å². The highest BCUT2D eigenvalue weighted by molar-refractivity contribution is 7.93. The third-order valence-corrected chi connectivity index (χ3v) is 20.3. The molecule has 6 heterocycles. The molecule has 0 aliphatic rings. The lowest BCUT2D eigenvalue weighted by molar-refractivity contribution is -0.117. The zero-order valence-corrected chi connectivity index (χ0v) is 52.8. The van der Waals surface area contributed by atoms with E-state index in [-0.39, 0.29) is 45.2 Å². The van der Waals surface area contributed by atoms with Crippen molar-refractivity contribution in [3.8, 4) is 0 Å². The van der Waals surface area contributed by atoms with Crippen molar-refractivity contribution < 1.29 is 39.6 Å². The van der Waals surface area contributed by atoms with E-state index in [1.54, 1.807) is 52.5 Å². The molecule has 0 saturated heterocycles. The first kappa shape index (κ1) is 63.1. The number of nitrogens with zero attached hydrogens (tertiary/aromatic N) is 6. The molecule has 0 atom stereocenters. The zero-order chi connectivity index (χ0) is 62.5. The highest BCUT2D eigenvalue weighted by atomic mass is 35.5. The summed E-state index contributed by atoms with van der Waals surface area (Å²) in [7, 11) is -11.1. The summed E-state index contributed by atoms with van der Waals surface area (Å²) >= 11 is 15.8. The lowest BCUT2D eigenvalue weighted by atomic mass is 10.2. The molecule has 3 amide bonds. The number of hydrogen-bond donors (Lipinski definition) is 6. The first-order valence-electron chi connectivity index (χ1n) is 26.8. The first-order chi connectivity index (χ1) is 42.8. The van der Waals surface area contributed by atoms with Crippen LogP contribution in [0, 0.1) is 0 Å². The Morgan fingerprint density at radius 2 is 0.798 bits per heavy atom. The maximum Gasteiger partial charge on any atom is 0.263 e. The fourth-order valence-corrected chi connectivity index (χ4v) is 14.7. The van der Waals surface area contributed by atoms with Crippen molar-refractivity contribution in [2.45, 2.75) is 53.6 Å². The predicted molar refractivity (Wildman–Crippen MR) is 354 cm³/mol. The molecular formula is C60H52Cl2N12O9S6. The fourth-order valence-electron chi connectivity index (χ4n) is 8.91. The van der Waals surface area contributed by atoms with Gasteiger partial charge in [0.15, 0.2) is 15.4 Å². The van der Waals surface area contributed by atoms with Gasteiger partial charge in [0.2, 0.25) is 17.7 Å². The topological polar surface area (TPSA) is 279 Å². The summed E-state index contributed by atoms with van der Waals surface area (Å²) in [4.78, 5) is 48.9. The van der Waals surface area contributed by atoms with Crippen LogP contribution in [0.15, 0.2) is 220 Å². The van der Waals surface area contributed by atoms with Crippen LogP contribution in [0.1, 0.15) is 19.3 Å². The highest BCUT2D eigenvalue weighted by Gasteiger charge is 2.19. The van der Waals surface area contributed by atoms with Gasteiger partial charge in [-0.15, -0.1) is 34.0 Å². The molecule has 0 fully saturated rings. The number of aromatic nitrogens is 6. The molecule has 0 unspecified atom stereocenters. The number of benzene rings is 6. The maximum atomic E-state index is 12.4. The summed E-state index contributed by atoms with van der Waals surface area (Å²) in [5.74, 6) is -0.475. The Hall–Kier alpha value is -8.93. The standard InChI is InChI=1S/2C20H17ClN4O3S2.C20H18N4O3S2/c21-15-1-6-18-14(13-15)7-10-25(18)11-8-19(26)23-16-2-4-17(5-3-16)30(27,28)24-20-22-9-12-29-20;21-17-2-1-3-18-16(17)8-11-25(18)12-9-19(26)23-14-4-6-15(7-5-14)30(27,28)24-20-22-10-13-29-20;25-19(10-13-24-12-9-15-3-1-2-4-18(15)24)22-16-5-7-17(8-6-16)29(26,27)23-20-21-11-14-28-20/h1-7,9-10,12-13H,8,11H2,(H,22,24)(H,23,26);1-8,10-11,13H,9,12H2,(H,22,24)(H,23,26);1-9,11-12,14H,10,13H2,(H,21,23)(H,22,25). The third-order valence-electron chi connectivity index (χ3n) is 13.2. The Labute approximate surface area is 533 Å². The SMILES string of the molecule is O=C(CCn1ccc2c(Cl)cccc21)Nc1ccc(S(=O)(=O)Nc2nccs2)cc1.O=C(CCn1ccc2cc(Cl)ccc21)Nc1ccc(S(=O)(=O)Nc2nccs2)cc1.O=C(CCn1ccc2ccccc21)Nc1ccc(S(=O)(=O)Nc2nccs2)cc1. The minimum atomic E-state index is -3.72. The van der Waals surface area contributed by atoms with Gasteiger partial charge >= 0.3 is 0 Å². The number of amides is 3. The minimum Gasteiger partial charge on any atom is -0.347 e. The number of para-hydroxylation sites is 1. The number of anilines is 6. The predicted octanol–water partition coefficient (Wildman–Crippen LogP) is 13.1. The smallest absolute Gasteiger partial charge is 0.263 e. The number of aryl methyl sites for hydroxylation is 3. The van der Waals surface area contributed by atoms with Crippen molar-refractivity contribution in [3.63, 3.8) is 0 Å². The molecule has 0 bridgehead atoms. The molecule has 6 N–H and O–H groups in total. The Morgan fingerprint density at radius 3 is 1.22 bits per heavy atom. The molecule has 6 aromatic carbocycles. The summed E-state index contributed by atoms with van der Waals surface area (Å²) in [6, 6.07) is 43.2. The first-order valence-corrected chi connectivity index (χ1v) is 34.7. The molecule has 0 spiro atoms. The van der Waals surface area contributed by atoms with E-state index in [4.69, 9.17) is 23.2 Å². The van der Waals surface area contributed by atoms with Gasteiger partial charge in [0.1, 0.15) is 0 Å². The molecule has 12 aromatic rings. The summed E-state index contributed by atoms with van der Waals surface area (Å²) in [5.41, 5.74) is 4.65. The Morgan fingerprint density at radius 1 is 0.416 bits per heavy atom. The van der Waals surface area contributed by atoms with Crippen LogP contribution >= 0.6 is 57.2 Å². The Balaban J connectivity index is 0.000000147. The molecule has 456 valence electrons. The minimum absolute atomic E-state index is 0.0892. The van der Waals surface area contributed by atoms with Crippen LogP contribution in [0.3, 0.4) is 0 Å². The molecule has 6 aromatic heterocycles. The average molecular weight is 1350 g/mol. The normalized spacial score (nSPS) is 11.5. The molecule has 0 aliphatic carbocycles. The summed E-state index contributed by atoms with van der Waals surface area (Å²) in [6.07, 6.45) is 11.2. The van der Waals surface area contributed by atoms with Gasteiger partial charge in [-0.1, -0.05) is 47.5 Å². The van der Waals surface area contributed by atoms with Gasteiger partial charge in [0, 0.05) is 147 Å². The van der Waals surface area contributed by atoms with Gasteiger partial charge in [0.25, 0.3) is 30.1 Å². The van der Waals surface area contributed by atoms with E-state index in [9.17, 15) is 39.6 Å². The van der Waals surface area contributed by atoms with Crippen LogP contribution in [-0.2, 0) is 64.1 Å². The second-order valence-corrected chi connectivity index (χ2v) is 27.8. The zero-order valence-electron chi connectivity index (χ0n) is 46.4. The van der Waals surface area contributed by atoms with Gasteiger partial charge in [-0.05, 0) is 133 Å². The van der Waals surface area contributed by atoms with E-state index in [1.807, 2.05) is 111 Å². The quantitative estimate of drug-likeness (QED) is 0.0392. The largest absolute Gasteiger partial charge is 0.347 e. The van der Waals surface area contributed by atoms with E-state index in [2.05, 4.69) is 45.1 Å². The summed E-state index contributed by atoms with van der Waals surface area (Å²) < 4.78 is 87.3. The second-order valence-electron chi connectivity index (χ2n) is 19.3. The molecule has 89 heavy (non-hydrogen) atoms. The molecule has 29 heteroatoms. The molecule has 12 rings (SSSR count). The van der Waals surface area contributed by atoms with Crippen molar-refractivity contribution in [2.24, 2.45) is 0 Å². The van der Waals surface area contributed by atoms with Crippen LogP contribution in [0.5, 0.6) is 0 Å². The van der Waals surface area contributed by atoms with E-state index in [0.29, 0.717) is 68.6 Å². The average Bonchev–Trinajstić information content (AvgIpc) is 2.46. The molecule has 0 aliphatic heterocycles. The summed E-state index contributed by atoms with van der Waals surface area (Å²) in [5, 5.41) is 18.8. The van der Waals surface area contributed by atoms with Crippen molar-refractivity contribution in [1.82, 2.24) is 28.7 Å². The lowest BCUT2D eigenvalue weighted by Crippen LogP contribution is -2.15. The summed E-state index contributed by atoms with van der Waals surface area (Å²) in [6.45, 7) is 1.57. The van der Waals surface area contributed by atoms with Crippen molar-refractivity contribution in [2.75, 3.05) is 30.1 Å². The van der Waals surface area contributed by atoms with Crippen LogP contribution in [0.2, 0.25) is 10.0 Å². The molecule has 21 nitrogen and oxygen atoms in total. The number of fused-ring (bicyclic) bond motifs is 3. The van der Waals surface area contributed by atoms with E-state index in [0.717, 1.165) is 32.7 Å². The Bertz CT molecular complexity index is 4760. The van der Waals surface area contributed by atoms with Crippen LogP contribution in [0.25, 0.3) is 32.7 Å². The lowest BCUT2D eigenvalue weighted by Gasteiger charge is -2.09. The van der Waals surface area contributed by atoms with E-state index < -0.39 is 30.1 Å². The number of sulfonamides is 3. The molecular weight excluding hydrogens is 1300 g/mol. The van der Waals surface area contributed by atoms with Gasteiger partial charge in [0.05, 0.1) is 14.7 Å². The number of rotatable bonds is 21. The number of halogens is 2. The van der Waals surface area contributed by atoms with Crippen LogP contribution in [0.4, 0.5) is 32.5 Å². The maximum absolute atomic E-state index is 12.4. The van der Waals surface area contributed by atoms with Crippen molar-refractivity contribution >= 4 is 170 Å². The fraction of sp³-hybridized carbons (Fsp3) is 0.100. The number of thiazole rings is 3. The van der Waals surface area contributed by atoms with Gasteiger partial charge in [-0.2, -0.15) is 0 Å². The van der Waals surface area contributed by atoms with Crippen LogP contribution < -0.4 is 30.1 Å². The second kappa shape index (κ2) is 28.5. The number of hydrogen-bond acceptors (Lipinski definition) is 15.